The summed E-state index contributed by atoms with van der Waals surface area (Å²) in [5, 5.41) is 1.12. The van der Waals surface area contributed by atoms with Crippen LogP contribution in [0.1, 0.15) is 5.56 Å². The number of aliphatic imine (C=N–C) groups is 1. The van der Waals surface area contributed by atoms with Gasteiger partial charge in [-0.3, -0.25) is 0 Å². The average molecular weight is 262 g/mol. The molecule has 2 aromatic carbocycles. The minimum Gasteiger partial charge on any atom is -0.497 e. The van der Waals surface area contributed by atoms with Crippen molar-refractivity contribution >= 4 is 22.9 Å². The van der Waals surface area contributed by atoms with E-state index in [1.165, 1.54) is 0 Å². The number of hydrogen-bond donors (Lipinski definition) is 0. The molecule has 3 nitrogen and oxygen atoms in total. The van der Waals surface area contributed by atoms with Gasteiger partial charge in [0.05, 0.1) is 12.6 Å². The highest BCUT2D eigenvalue weighted by Gasteiger charge is 1.96. The van der Waals surface area contributed by atoms with Gasteiger partial charge in [-0.1, -0.05) is 18.2 Å². The summed E-state index contributed by atoms with van der Waals surface area (Å²) in [6.45, 7) is 0. The van der Waals surface area contributed by atoms with Gasteiger partial charge in [-0.05, 0) is 48.0 Å². The first kappa shape index (κ1) is 12.4. The normalized spacial score (nSPS) is 11.1. The number of ether oxygens (including phenoxy) is 1. The first-order valence-electron chi connectivity index (χ1n) is 6.39. The lowest BCUT2D eigenvalue weighted by atomic mass is 10.2. The van der Waals surface area contributed by atoms with Crippen molar-refractivity contribution in [1.29, 1.82) is 0 Å². The maximum absolute atomic E-state index is 5.12. The van der Waals surface area contributed by atoms with E-state index in [4.69, 9.17) is 4.74 Å². The van der Waals surface area contributed by atoms with E-state index in [0.29, 0.717) is 5.82 Å². The van der Waals surface area contributed by atoms with Gasteiger partial charge >= 0.3 is 0 Å². The molecule has 20 heavy (non-hydrogen) atoms. The monoisotopic (exact) mass is 262 g/mol. The summed E-state index contributed by atoms with van der Waals surface area (Å²) in [6.07, 6.45) is 1.80. The fourth-order valence-corrected chi connectivity index (χ4v) is 1.96. The highest BCUT2D eigenvalue weighted by atomic mass is 16.5. The molecule has 0 radical (unpaired) electrons. The number of fused-ring (bicyclic) bond motifs is 1. The minimum atomic E-state index is 0.708. The van der Waals surface area contributed by atoms with E-state index < -0.39 is 0 Å². The third-order valence-electron chi connectivity index (χ3n) is 3.05. The third kappa shape index (κ3) is 2.67. The number of hydrogen-bond acceptors (Lipinski definition) is 3. The molecule has 98 valence electrons. The average Bonchev–Trinajstić information content (AvgIpc) is 2.53. The van der Waals surface area contributed by atoms with Gasteiger partial charge in [0, 0.05) is 11.6 Å². The fourth-order valence-electron chi connectivity index (χ4n) is 1.96. The van der Waals surface area contributed by atoms with Gasteiger partial charge in [0.1, 0.15) is 5.75 Å². The van der Waals surface area contributed by atoms with Crippen LogP contribution in [-0.4, -0.2) is 18.3 Å². The molecule has 1 heterocycles. The molecule has 0 atom stereocenters. The fraction of sp³-hybridized carbons (Fsp3) is 0.0588. The molecule has 0 bridgehead atoms. The summed E-state index contributed by atoms with van der Waals surface area (Å²) in [4.78, 5) is 8.91. The Morgan fingerprint density at radius 1 is 0.950 bits per heavy atom. The summed E-state index contributed by atoms with van der Waals surface area (Å²) in [7, 11) is 1.65. The number of aromatic nitrogens is 1. The largest absolute Gasteiger partial charge is 0.497 e. The third-order valence-corrected chi connectivity index (χ3v) is 3.05. The van der Waals surface area contributed by atoms with Crippen LogP contribution in [0.2, 0.25) is 0 Å². The lowest BCUT2D eigenvalue weighted by molar-refractivity contribution is 0.415. The topological polar surface area (TPSA) is 34.5 Å². The molecule has 0 fully saturated rings. The molecule has 0 aliphatic carbocycles. The van der Waals surface area contributed by atoms with Crippen molar-refractivity contribution in [3.63, 3.8) is 0 Å². The van der Waals surface area contributed by atoms with Crippen LogP contribution in [0.3, 0.4) is 0 Å². The molecular weight excluding hydrogens is 248 g/mol. The van der Waals surface area contributed by atoms with E-state index in [-0.39, 0.29) is 0 Å². The van der Waals surface area contributed by atoms with Crippen molar-refractivity contribution < 1.29 is 4.74 Å². The zero-order valence-corrected chi connectivity index (χ0v) is 11.2. The van der Waals surface area contributed by atoms with Gasteiger partial charge in [-0.25, -0.2) is 9.98 Å². The second kappa shape index (κ2) is 5.53. The van der Waals surface area contributed by atoms with Gasteiger partial charge in [-0.2, -0.15) is 0 Å². The van der Waals surface area contributed by atoms with Crippen molar-refractivity contribution in [2.75, 3.05) is 7.11 Å². The molecule has 0 amide bonds. The molecule has 0 saturated carbocycles. The minimum absolute atomic E-state index is 0.708. The Hall–Kier alpha value is -2.68. The predicted molar refractivity (Wildman–Crippen MR) is 82.0 cm³/mol. The first-order chi connectivity index (χ1) is 9.85. The molecule has 0 aliphatic rings. The lowest BCUT2D eigenvalue weighted by Crippen LogP contribution is -1.85. The van der Waals surface area contributed by atoms with E-state index in [2.05, 4.69) is 9.98 Å². The Labute approximate surface area is 117 Å². The maximum Gasteiger partial charge on any atom is 0.152 e. The molecule has 0 spiro atoms. The Balaban J connectivity index is 1.85. The summed E-state index contributed by atoms with van der Waals surface area (Å²) in [6, 6.07) is 19.7. The van der Waals surface area contributed by atoms with Crippen LogP contribution in [0.25, 0.3) is 10.9 Å². The molecule has 3 rings (SSSR count). The Morgan fingerprint density at radius 2 is 1.75 bits per heavy atom. The Bertz CT molecular complexity index is 748. The predicted octanol–water partition coefficient (Wildman–Crippen LogP) is 3.99. The van der Waals surface area contributed by atoms with Crippen LogP contribution < -0.4 is 4.74 Å². The molecule has 0 aliphatic heterocycles. The summed E-state index contributed by atoms with van der Waals surface area (Å²) < 4.78 is 5.12. The van der Waals surface area contributed by atoms with Gasteiger partial charge < -0.3 is 4.74 Å². The van der Waals surface area contributed by atoms with Crippen LogP contribution in [-0.2, 0) is 0 Å². The number of methoxy groups -OCH3 is 1. The molecule has 0 unspecified atom stereocenters. The Morgan fingerprint density at radius 3 is 2.55 bits per heavy atom. The van der Waals surface area contributed by atoms with Crippen LogP contribution >= 0.6 is 0 Å². The van der Waals surface area contributed by atoms with E-state index >= 15 is 0 Å². The quantitative estimate of drug-likeness (QED) is 0.669. The lowest BCUT2D eigenvalue weighted by Gasteiger charge is -1.99. The van der Waals surface area contributed by atoms with Crippen LogP contribution in [0.5, 0.6) is 5.75 Å². The van der Waals surface area contributed by atoms with Crippen LogP contribution in [0.15, 0.2) is 65.7 Å². The summed E-state index contributed by atoms with van der Waals surface area (Å²) in [5.41, 5.74) is 1.97. The number of benzene rings is 2. The number of pyridine rings is 1. The highest BCUT2D eigenvalue weighted by molar-refractivity contribution is 5.83. The summed E-state index contributed by atoms with van der Waals surface area (Å²) >= 11 is 0. The molecule has 3 aromatic rings. The zero-order valence-electron chi connectivity index (χ0n) is 11.2. The van der Waals surface area contributed by atoms with Crippen molar-refractivity contribution in [3.8, 4) is 5.75 Å². The van der Waals surface area contributed by atoms with Crippen molar-refractivity contribution in [1.82, 2.24) is 4.98 Å². The van der Waals surface area contributed by atoms with Crippen LogP contribution in [0, 0.1) is 0 Å². The maximum atomic E-state index is 5.12. The molecule has 0 saturated heterocycles. The zero-order chi connectivity index (χ0) is 13.8. The molecular formula is C17H14N2O. The first-order valence-corrected chi connectivity index (χ1v) is 6.39. The van der Waals surface area contributed by atoms with E-state index in [1.807, 2.05) is 60.7 Å². The van der Waals surface area contributed by atoms with E-state index in [9.17, 15) is 0 Å². The number of rotatable bonds is 3. The standard InChI is InChI=1S/C17H14N2O/c1-20-15-9-6-13(7-10-15)12-18-17-11-8-14-4-2-3-5-16(14)19-17/h2-12H,1H3. The van der Waals surface area contributed by atoms with E-state index in [0.717, 1.165) is 22.2 Å². The van der Waals surface area contributed by atoms with Crippen LogP contribution in [0.4, 0.5) is 5.82 Å². The Kier molecular flexibility index (Phi) is 3.42. The van der Waals surface area contributed by atoms with Gasteiger partial charge in [0.15, 0.2) is 5.82 Å². The highest BCUT2D eigenvalue weighted by Crippen LogP contribution is 2.17. The van der Waals surface area contributed by atoms with Gasteiger partial charge in [0.25, 0.3) is 0 Å². The van der Waals surface area contributed by atoms with E-state index in [1.54, 1.807) is 13.3 Å². The SMILES string of the molecule is COc1ccc(C=Nc2ccc3ccccc3n2)cc1. The molecule has 1 aromatic heterocycles. The second-order valence-electron chi connectivity index (χ2n) is 4.39. The van der Waals surface area contributed by atoms with Gasteiger partial charge in [0.2, 0.25) is 0 Å². The number of para-hydroxylation sites is 1. The second-order valence-corrected chi connectivity index (χ2v) is 4.39. The molecule has 3 heteroatoms. The smallest absolute Gasteiger partial charge is 0.152 e. The van der Waals surface area contributed by atoms with Crippen molar-refractivity contribution in [2.24, 2.45) is 4.99 Å². The summed E-state index contributed by atoms with van der Waals surface area (Å²) in [5.74, 6) is 1.55. The number of nitrogens with zero attached hydrogens (tertiary/aromatic N) is 2. The molecule has 0 N–H and O–H groups in total. The van der Waals surface area contributed by atoms with Crippen molar-refractivity contribution in [2.45, 2.75) is 0 Å². The van der Waals surface area contributed by atoms with Gasteiger partial charge in [-0.15, -0.1) is 0 Å². The van der Waals surface area contributed by atoms with Crippen molar-refractivity contribution in [3.05, 3.63) is 66.2 Å².